The van der Waals surface area contributed by atoms with E-state index in [9.17, 15) is 13.2 Å². The van der Waals surface area contributed by atoms with Gasteiger partial charge < -0.3 is 0 Å². The molecule has 0 spiro atoms. The minimum absolute atomic E-state index is 0.0221. The van der Waals surface area contributed by atoms with E-state index >= 15 is 0 Å². The first-order chi connectivity index (χ1) is 17.3. The van der Waals surface area contributed by atoms with E-state index in [-0.39, 0.29) is 10.5 Å². The zero-order valence-electron chi connectivity index (χ0n) is 19.4. The number of benzene rings is 4. The Hall–Kier alpha value is -3.94. The van der Waals surface area contributed by atoms with Crippen LogP contribution in [0.1, 0.15) is 21.6 Å². The van der Waals surface area contributed by atoms with Crippen LogP contribution in [-0.4, -0.2) is 24.1 Å². The molecule has 8 heteroatoms. The number of amides is 1. The third-order valence-corrected chi connectivity index (χ3v) is 7.66. The number of hydrogen-bond acceptors (Lipinski definition) is 4. The summed E-state index contributed by atoms with van der Waals surface area (Å²) in [6.07, 6.45) is 0. The molecule has 0 saturated heterocycles. The summed E-state index contributed by atoms with van der Waals surface area (Å²) in [7, 11) is -3.99. The van der Waals surface area contributed by atoms with E-state index < -0.39 is 15.9 Å². The van der Waals surface area contributed by atoms with Gasteiger partial charge in [-0.1, -0.05) is 78.3 Å². The van der Waals surface area contributed by atoms with Crippen LogP contribution in [0.25, 0.3) is 22.0 Å². The molecule has 0 fully saturated rings. The summed E-state index contributed by atoms with van der Waals surface area (Å²) in [5.74, 6) is -0.712. The maximum Gasteiger partial charge on any atom is 0.265 e. The largest absolute Gasteiger partial charge is 0.268 e. The molecular weight excluding hydrogens is 494 g/mol. The zero-order chi connectivity index (χ0) is 25.3. The van der Waals surface area contributed by atoms with Crippen molar-refractivity contribution in [2.75, 3.05) is 0 Å². The van der Waals surface area contributed by atoms with E-state index in [0.29, 0.717) is 17.1 Å². The predicted molar refractivity (Wildman–Crippen MR) is 142 cm³/mol. The molecule has 1 heterocycles. The second-order valence-corrected chi connectivity index (χ2v) is 10.5. The highest BCUT2D eigenvalue weighted by Gasteiger charge is 2.20. The molecule has 36 heavy (non-hydrogen) atoms. The predicted octanol–water partition coefficient (Wildman–Crippen LogP) is 5.83. The summed E-state index contributed by atoms with van der Waals surface area (Å²) in [5, 5.41) is 6.12. The summed E-state index contributed by atoms with van der Waals surface area (Å²) in [6, 6.07) is 28.7. The number of sulfonamides is 1. The maximum absolute atomic E-state index is 12.8. The van der Waals surface area contributed by atoms with Crippen molar-refractivity contribution < 1.29 is 13.2 Å². The number of hydrogen-bond donors (Lipinski definition) is 1. The molecule has 0 atom stereocenters. The van der Waals surface area contributed by atoms with Crippen molar-refractivity contribution in [1.82, 2.24) is 14.5 Å². The van der Waals surface area contributed by atoms with Gasteiger partial charge in [0.2, 0.25) is 0 Å². The van der Waals surface area contributed by atoms with Gasteiger partial charge in [-0.15, -0.1) is 0 Å². The lowest BCUT2D eigenvalue weighted by atomic mass is 10.0. The molecule has 1 aromatic heterocycles. The van der Waals surface area contributed by atoms with E-state index in [0.717, 1.165) is 27.8 Å². The van der Waals surface area contributed by atoms with Crippen LogP contribution in [0.4, 0.5) is 0 Å². The first-order valence-electron chi connectivity index (χ1n) is 11.2. The van der Waals surface area contributed by atoms with Crippen LogP contribution in [0.5, 0.6) is 0 Å². The highest BCUT2D eigenvalue weighted by atomic mass is 35.5. The molecule has 6 nitrogen and oxygen atoms in total. The highest BCUT2D eigenvalue weighted by Crippen LogP contribution is 2.28. The molecule has 0 aliphatic carbocycles. The van der Waals surface area contributed by atoms with E-state index in [1.54, 1.807) is 41.1 Å². The SMILES string of the molecule is Cc1nn(Cc2ccc(-c3ccccc3)cc2Cl)c2cc(C(=O)NS(=O)(=O)c3ccccc3)ccc12. The molecule has 0 aliphatic heterocycles. The molecule has 0 bridgehead atoms. The topological polar surface area (TPSA) is 81.1 Å². The van der Waals surface area contributed by atoms with E-state index in [1.165, 1.54) is 12.1 Å². The van der Waals surface area contributed by atoms with Crippen LogP contribution in [0.15, 0.2) is 102 Å². The Morgan fingerprint density at radius 3 is 2.28 bits per heavy atom. The number of halogens is 1. The van der Waals surface area contributed by atoms with E-state index in [2.05, 4.69) is 9.82 Å². The molecule has 0 radical (unpaired) electrons. The van der Waals surface area contributed by atoms with Crippen molar-refractivity contribution in [1.29, 1.82) is 0 Å². The van der Waals surface area contributed by atoms with Crippen LogP contribution in [0.3, 0.4) is 0 Å². The number of rotatable bonds is 6. The Kier molecular flexibility index (Phi) is 6.35. The van der Waals surface area contributed by atoms with Gasteiger partial charge in [0.25, 0.3) is 15.9 Å². The smallest absolute Gasteiger partial charge is 0.265 e. The van der Waals surface area contributed by atoms with E-state index in [1.807, 2.05) is 55.5 Å². The molecule has 1 N–H and O–H groups in total. The van der Waals surface area contributed by atoms with Crippen LogP contribution >= 0.6 is 11.6 Å². The Morgan fingerprint density at radius 1 is 0.889 bits per heavy atom. The molecule has 4 aromatic carbocycles. The van der Waals surface area contributed by atoms with Crippen molar-refractivity contribution in [2.24, 2.45) is 0 Å². The summed E-state index contributed by atoms with van der Waals surface area (Å²) in [4.78, 5) is 12.9. The summed E-state index contributed by atoms with van der Waals surface area (Å²) in [6.45, 7) is 2.28. The van der Waals surface area contributed by atoms with Crippen molar-refractivity contribution in [2.45, 2.75) is 18.4 Å². The van der Waals surface area contributed by atoms with Crippen LogP contribution < -0.4 is 4.72 Å². The van der Waals surface area contributed by atoms with Gasteiger partial charge in [-0.25, -0.2) is 13.1 Å². The van der Waals surface area contributed by atoms with Crippen LogP contribution in [0.2, 0.25) is 5.02 Å². The molecule has 1 amide bonds. The number of carbonyl (C=O) groups excluding carboxylic acids is 1. The molecule has 5 aromatic rings. The maximum atomic E-state index is 12.8. The number of aryl methyl sites for hydroxylation is 1. The highest BCUT2D eigenvalue weighted by molar-refractivity contribution is 7.90. The molecule has 0 unspecified atom stereocenters. The zero-order valence-corrected chi connectivity index (χ0v) is 20.9. The lowest BCUT2D eigenvalue weighted by Crippen LogP contribution is -2.30. The first kappa shape index (κ1) is 23.8. The lowest BCUT2D eigenvalue weighted by molar-refractivity contribution is 0.0981. The average molecular weight is 516 g/mol. The number of fused-ring (bicyclic) bond motifs is 1. The lowest BCUT2D eigenvalue weighted by Gasteiger charge is -2.10. The van der Waals surface area contributed by atoms with Gasteiger partial charge in [0.15, 0.2) is 0 Å². The number of carbonyl (C=O) groups is 1. The van der Waals surface area contributed by atoms with Crippen molar-refractivity contribution >= 4 is 38.4 Å². The Balaban J connectivity index is 1.44. The fourth-order valence-corrected chi connectivity index (χ4v) is 5.32. The first-order valence-corrected chi connectivity index (χ1v) is 13.1. The van der Waals surface area contributed by atoms with E-state index in [4.69, 9.17) is 11.6 Å². The van der Waals surface area contributed by atoms with Crippen molar-refractivity contribution in [3.8, 4) is 11.1 Å². The standard InChI is InChI=1S/C28H22ClN3O3S/c1-19-25-15-14-22(28(33)31-36(34,35)24-10-6-3-7-11-24)17-27(25)32(30-19)18-23-13-12-21(16-26(23)29)20-8-4-2-5-9-20/h2-17H,18H2,1H3,(H,31,33). The second-order valence-electron chi connectivity index (χ2n) is 8.39. The van der Waals surface area contributed by atoms with Gasteiger partial charge in [-0.3, -0.25) is 9.48 Å². The molecule has 5 rings (SSSR count). The number of nitrogens with zero attached hydrogens (tertiary/aromatic N) is 2. The Bertz CT molecular complexity index is 1680. The molecule has 0 saturated carbocycles. The summed E-state index contributed by atoms with van der Waals surface area (Å²) < 4.78 is 29.1. The minimum atomic E-state index is -3.99. The van der Waals surface area contributed by atoms with Gasteiger partial charge >= 0.3 is 0 Å². The third kappa shape index (κ3) is 4.76. The second kappa shape index (κ2) is 9.60. The van der Waals surface area contributed by atoms with Crippen molar-refractivity contribution in [3.05, 3.63) is 119 Å². The fraction of sp³-hybridized carbons (Fsp3) is 0.0714. The van der Waals surface area contributed by atoms with Crippen LogP contribution in [0, 0.1) is 6.92 Å². The summed E-state index contributed by atoms with van der Waals surface area (Å²) in [5.41, 5.74) is 4.69. The van der Waals surface area contributed by atoms with Gasteiger partial charge in [-0.2, -0.15) is 5.10 Å². The van der Waals surface area contributed by atoms with Crippen molar-refractivity contribution in [3.63, 3.8) is 0 Å². The fourth-order valence-electron chi connectivity index (χ4n) is 4.09. The normalized spacial score (nSPS) is 11.5. The number of aromatic nitrogens is 2. The third-order valence-electron chi connectivity index (χ3n) is 5.96. The molecular formula is C28H22ClN3O3S. The Morgan fingerprint density at radius 2 is 1.58 bits per heavy atom. The van der Waals surface area contributed by atoms with Crippen LogP contribution in [-0.2, 0) is 16.6 Å². The van der Waals surface area contributed by atoms with Gasteiger partial charge in [-0.05, 0) is 53.9 Å². The Labute approximate surface area is 214 Å². The number of nitrogens with one attached hydrogen (secondary N) is 1. The van der Waals surface area contributed by atoms with Gasteiger partial charge in [0.05, 0.1) is 22.7 Å². The summed E-state index contributed by atoms with van der Waals surface area (Å²) >= 11 is 6.63. The molecule has 180 valence electrons. The quantitative estimate of drug-likeness (QED) is 0.308. The van der Waals surface area contributed by atoms with Gasteiger partial charge in [0.1, 0.15) is 0 Å². The molecule has 0 aliphatic rings. The van der Waals surface area contributed by atoms with Gasteiger partial charge in [0, 0.05) is 16.0 Å². The minimum Gasteiger partial charge on any atom is -0.268 e. The average Bonchev–Trinajstić information content (AvgIpc) is 3.20. The monoisotopic (exact) mass is 515 g/mol.